The van der Waals surface area contributed by atoms with Gasteiger partial charge in [-0.05, 0) is 51.8 Å². The van der Waals surface area contributed by atoms with Crippen LogP contribution in [0.25, 0.3) is 0 Å². The number of carbonyl (C=O) groups excluding carboxylic acids is 1. The Morgan fingerprint density at radius 1 is 1.33 bits per heavy atom. The van der Waals surface area contributed by atoms with Crippen LogP contribution in [0.2, 0.25) is 0 Å². The molecule has 0 aliphatic heterocycles. The molecule has 2 rings (SSSR count). The van der Waals surface area contributed by atoms with Crippen LogP contribution in [0.15, 0.2) is 40.9 Å². The number of aromatic hydroxyl groups is 1. The number of anilines is 1. The van der Waals surface area contributed by atoms with Crippen molar-refractivity contribution in [1.29, 1.82) is 0 Å². The van der Waals surface area contributed by atoms with E-state index < -0.39 is 11.8 Å². The number of phenols is 1. The van der Waals surface area contributed by atoms with Gasteiger partial charge < -0.3 is 15.2 Å². The van der Waals surface area contributed by atoms with Crippen LogP contribution in [0.3, 0.4) is 0 Å². The molecular weight excluding hydrogens is 341 g/mol. The van der Waals surface area contributed by atoms with E-state index in [1.807, 2.05) is 0 Å². The Hall–Kier alpha value is -2.08. The summed E-state index contributed by atoms with van der Waals surface area (Å²) in [6, 6.07) is 8.96. The maximum atomic E-state index is 13.7. The summed E-state index contributed by atoms with van der Waals surface area (Å²) in [7, 11) is 1.27. The van der Waals surface area contributed by atoms with Gasteiger partial charge in [-0.25, -0.2) is 9.18 Å². The number of hydrogen-bond donors (Lipinski definition) is 2. The highest BCUT2D eigenvalue weighted by Crippen LogP contribution is 2.25. The first kappa shape index (κ1) is 15.3. The summed E-state index contributed by atoms with van der Waals surface area (Å²) in [4.78, 5) is 11.4. The zero-order valence-corrected chi connectivity index (χ0v) is 12.8. The van der Waals surface area contributed by atoms with Crippen molar-refractivity contribution in [2.45, 2.75) is 6.54 Å². The first-order valence-electron chi connectivity index (χ1n) is 6.10. The minimum atomic E-state index is -0.523. The predicted octanol–water partition coefficient (Wildman–Crippen LogP) is 3.69. The number of carbonyl (C=O) groups is 1. The number of esters is 1. The number of methoxy groups -OCH3 is 1. The molecule has 0 atom stereocenters. The van der Waals surface area contributed by atoms with Crippen LogP contribution in [-0.4, -0.2) is 18.2 Å². The SMILES string of the molecule is COC(=O)c1ccc(F)c(NCc2ccc(O)c(Br)c2)c1. The molecule has 2 aromatic rings. The molecule has 0 spiro atoms. The van der Waals surface area contributed by atoms with Crippen LogP contribution in [0.5, 0.6) is 5.75 Å². The standard InChI is InChI=1S/C15H13BrFNO3/c1-21-15(20)10-3-4-12(17)13(7-10)18-8-9-2-5-14(19)11(16)6-9/h2-7,18-19H,8H2,1H3. The fourth-order valence-electron chi connectivity index (χ4n) is 1.76. The van der Waals surface area contributed by atoms with E-state index in [2.05, 4.69) is 26.0 Å². The number of halogens is 2. The molecule has 0 saturated heterocycles. The van der Waals surface area contributed by atoms with Gasteiger partial charge >= 0.3 is 5.97 Å². The quantitative estimate of drug-likeness (QED) is 0.823. The highest BCUT2D eigenvalue weighted by molar-refractivity contribution is 9.10. The number of nitrogens with one attached hydrogen (secondary N) is 1. The maximum Gasteiger partial charge on any atom is 0.337 e. The number of benzene rings is 2. The maximum absolute atomic E-state index is 13.7. The first-order chi connectivity index (χ1) is 10.0. The van der Waals surface area contributed by atoms with Crippen molar-refractivity contribution in [3.8, 4) is 5.75 Å². The Morgan fingerprint density at radius 2 is 2.10 bits per heavy atom. The highest BCUT2D eigenvalue weighted by Gasteiger charge is 2.10. The molecule has 0 aliphatic carbocycles. The van der Waals surface area contributed by atoms with Crippen molar-refractivity contribution in [3.63, 3.8) is 0 Å². The highest BCUT2D eigenvalue weighted by atomic mass is 79.9. The predicted molar refractivity (Wildman–Crippen MR) is 80.9 cm³/mol. The van der Waals surface area contributed by atoms with E-state index in [0.29, 0.717) is 11.0 Å². The van der Waals surface area contributed by atoms with Gasteiger partial charge in [-0.1, -0.05) is 6.07 Å². The summed E-state index contributed by atoms with van der Waals surface area (Å²) in [6.45, 7) is 0.348. The number of hydrogen-bond acceptors (Lipinski definition) is 4. The second-order valence-corrected chi connectivity index (χ2v) is 5.18. The molecule has 2 N–H and O–H groups in total. The smallest absolute Gasteiger partial charge is 0.337 e. The van der Waals surface area contributed by atoms with Crippen molar-refractivity contribution in [2.24, 2.45) is 0 Å². The van der Waals surface area contributed by atoms with Gasteiger partial charge in [0.05, 0.1) is 22.8 Å². The van der Waals surface area contributed by atoms with E-state index in [4.69, 9.17) is 0 Å². The van der Waals surface area contributed by atoms with E-state index in [9.17, 15) is 14.3 Å². The molecule has 0 unspecified atom stereocenters. The summed E-state index contributed by atoms with van der Waals surface area (Å²) in [5, 5.41) is 12.3. The molecule has 0 amide bonds. The van der Waals surface area contributed by atoms with Crippen LogP contribution < -0.4 is 5.32 Å². The Labute approximate surface area is 129 Å². The molecular formula is C15H13BrFNO3. The van der Waals surface area contributed by atoms with Crippen LogP contribution >= 0.6 is 15.9 Å². The van der Waals surface area contributed by atoms with Gasteiger partial charge in [-0.3, -0.25) is 0 Å². The second-order valence-electron chi connectivity index (χ2n) is 4.33. The summed E-state index contributed by atoms with van der Waals surface area (Å²) in [6.07, 6.45) is 0. The molecule has 0 aromatic heterocycles. The van der Waals surface area contributed by atoms with Crippen molar-refractivity contribution in [3.05, 3.63) is 57.8 Å². The van der Waals surface area contributed by atoms with Gasteiger partial charge in [0.2, 0.25) is 0 Å². The van der Waals surface area contributed by atoms with E-state index >= 15 is 0 Å². The zero-order valence-electron chi connectivity index (χ0n) is 11.2. The number of rotatable bonds is 4. The Balaban J connectivity index is 2.15. The van der Waals surface area contributed by atoms with E-state index in [1.165, 1.54) is 25.3 Å². The van der Waals surface area contributed by atoms with Gasteiger partial charge in [0, 0.05) is 6.54 Å². The Morgan fingerprint density at radius 3 is 2.76 bits per heavy atom. The van der Waals surface area contributed by atoms with Gasteiger partial charge in [0.15, 0.2) is 0 Å². The number of phenolic OH excluding ortho intramolecular Hbond substituents is 1. The molecule has 2 aromatic carbocycles. The third-order valence-electron chi connectivity index (χ3n) is 2.88. The molecule has 0 saturated carbocycles. The molecule has 0 heterocycles. The normalized spacial score (nSPS) is 10.2. The summed E-state index contributed by atoms with van der Waals surface area (Å²) in [5.74, 6) is -0.844. The van der Waals surface area contributed by atoms with Crippen molar-refractivity contribution >= 4 is 27.6 Å². The van der Waals surface area contributed by atoms with Crippen LogP contribution in [0.1, 0.15) is 15.9 Å². The van der Waals surface area contributed by atoms with E-state index in [1.54, 1.807) is 18.2 Å². The van der Waals surface area contributed by atoms with Crippen molar-refractivity contribution in [2.75, 3.05) is 12.4 Å². The monoisotopic (exact) mass is 353 g/mol. The fourth-order valence-corrected chi connectivity index (χ4v) is 2.19. The molecule has 0 radical (unpaired) electrons. The van der Waals surface area contributed by atoms with Crippen molar-refractivity contribution in [1.82, 2.24) is 0 Å². The minimum absolute atomic E-state index is 0.137. The summed E-state index contributed by atoms with van der Waals surface area (Å²) in [5.41, 5.74) is 1.33. The Kier molecular flexibility index (Phi) is 4.80. The zero-order chi connectivity index (χ0) is 15.4. The third-order valence-corrected chi connectivity index (χ3v) is 3.52. The molecule has 4 nitrogen and oxygen atoms in total. The van der Waals surface area contributed by atoms with Gasteiger partial charge in [0.25, 0.3) is 0 Å². The topological polar surface area (TPSA) is 58.6 Å². The van der Waals surface area contributed by atoms with Gasteiger partial charge in [-0.2, -0.15) is 0 Å². The Bertz CT molecular complexity index is 676. The van der Waals surface area contributed by atoms with Gasteiger partial charge in [-0.15, -0.1) is 0 Å². The van der Waals surface area contributed by atoms with E-state index in [0.717, 1.165) is 5.56 Å². The lowest BCUT2D eigenvalue weighted by Gasteiger charge is -2.10. The first-order valence-corrected chi connectivity index (χ1v) is 6.89. The van der Waals surface area contributed by atoms with Crippen LogP contribution in [0.4, 0.5) is 10.1 Å². The minimum Gasteiger partial charge on any atom is -0.507 e. The van der Waals surface area contributed by atoms with E-state index in [-0.39, 0.29) is 17.0 Å². The average Bonchev–Trinajstić information content (AvgIpc) is 2.49. The lowest BCUT2D eigenvalue weighted by atomic mass is 10.1. The largest absolute Gasteiger partial charge is 0.507 e. The molecule has 0 bridgehead atoms. The average molecular weight is 354 g/mol. The lowest BCUT2D eigenvalue weighted by Crippen LogP contribution is -2.05. The summed E-state index contributed by atoms with van der Waals surface area (Å²) < 4.78 is 18.9. The van der Waals surface area contributed by atoms with Crippen LogP contribution in [0, 0.1) is 5.82 Å². The molecule has 6 heteroatoms. The molecule has 110 valence electrons. The summed E-state index contributed by atoms with van der Waals surface area (Å²) >= 11 is 3.21. The molecule has 0 aliphatic rings. The molecule has 0 fully saturated rings. The van der Waals surface area contributed by atoms with Crippen LogP contribution in [-0.2, 0) is 11.3 Å². The molecule has 21 heavy (non-hydrogen) atoms. The number of ether oxygens (including phenoxy) is 1. The lowest BCUT2D eigenvalue weighted by molar-refractivity contribution is 0.0600. The third kappa shape index (κ3) is 3.72. The fraction of sp³-hybridized carbons (Fsp3) is 0.133. The van der Waals surface area contributed by atoms with Gasteiger partial charge in [0.1, 0.15) is 11.6 Å². The van der Waals surface area contributed by atoms with Crippen molar-refractivity contribution < 1.29 is 19.0 Å². The second kappa shape index (κ2) is 6.58.